The fourth-order valence-electron chi connectivity index (χ4n) is 2.15. The summed E-state index contributed by atoms with van der Waals surface area (Å²) in [7, 11) is -0.954. The fourth-order valence-corrected chi connectivity index (χ4v) is 2.54. The molecule has 0 aromatic carbocycles. The molecule has 1 atom stereocenters. The van der Waals surface area contributed by atoms with Crippen LogP contribution in [0.4, 0.5) is 0 Å². The lowest BCUT2D eigenvalue weighted by Crippen LogP contribution is -2.50. The first-order valence-electron chi connectivity index (χ1n) is 6.50. The van der Waals surface area contributed by atoms with E-state index in [-0.39, 0.29) is 11.7 Å². The van der Waals surface area contributed by atoms with E-state index in [1.165, 1.54) is 0 Å². The van der Waals surface area contributed by atoms with Crippen molar-refractivity contribution in [3.8, 4) is 0 Å². The van der Waals surface area contributed by atoms with Crippen molar-refractivity contribution in [1.29, 1.82) is 0 Å². The van der Waals surface area contributed by atoms with Crippen LogP contribution in [0, 0.1) is 5.41 Å². The van der Waals surface area contributed by atoms with Crippen molar-refractivity contribution in [2.45, 2.75) is 39.5 Å². The molecule has 0 aliphatic carbocycles. The van der Waals surface area contributed by atoms with E-state index >= 15 is 0 Å². The summed E-state index contributed by atoms with van der Waals surface area (Å²) in [5, 5.41) is 14.7. The van der Waals surface area contributed by atoms with E-state index in [0.29, 0.717) is 25.1 Å². The highest BCUT2D eigenvalue weighted by molar-refractivity contribution is 7.84. The van der Waals surface area contributed by atoms with Gasteiger partial charge in [-0.25, -0.2) is 0 Å². The number of hydrogen-bond acceptors (Lipinski definition) is 4. The van der Waals surface area contributed by atoms with Crippen LogP contribution in [0.25, 0.3) is 0 Å². The third-order valence-corrected chi connectivity index (χ3v) is 3.84. The Morgan fingerprint density at radius 1 is 1.37 bits per heavy atom. The summed E-state index contributed by atoms with van der Waals surface area (Å²) >= 11 is 0. The number of amides is 1. The van der Waals surface area contributed by atoms with Gasteiger partial charge in [-0.2, -0.15) is 0 Å². The zero-order valence-corrected chi connectivity index (χ0v) is 12.8. The van der Waals surface area contributed by atoms with E-state index in [1.54, 1.807) is 6.26 Å². The highest BCUT2D eigenvalue weighted by atomic mass is 32.2. The van der Waals surface area contributed by atoms with Gasteiger partial charge in [0.25, 0.3) is 0 Å². The van der Waals surface area contributed by atoms with Crippen LogP contribution in [0.5, 0.6) is 0 Å². The zero-order valence-electron chi connectivity index (χ0n) is 11.9. The fraction of sp³-hybridized carbons (Fsp3) is 0.833. The molecule has 7 heteroatoms. The number of amidine groups is 1. The SMILES string of the molecule is CCCC(CCC)(C(=O)NCCS(C)=O)C(N)=NO. The molecule has 0 aromatic rings. The predicted octanol–water partition coefficient (Wildman–Crippen LogP) is 0.814. The van der Waals surface area contributed by atoms with Crippen LogP contribution in [0.2, 0.25) is 0 Å². The van der Waals surface area contributed by atoms with Crippen LogP contribution < -0.4 is 11.1 Å². The Balaban J connectivity index is 4.98. The lowest BCUT2D eigenvalue weighted by atomic mass is 9.77. The summed E-state index contributed by atoms with van der Waals surface area (Å²) in [6.07, 6.45) is 4.14. The van der Waals surface area contributed by atoms with Crippen LogP contribution in [0.3, 0.4) is 0 Å². The van der Waals surface area contributed by atoms with Gasteiger partial charge in [-0.05, 0) is 12.8 Å². The molecule has 1 amide bonds. The summed E-state index contributed by atoms with van der Waals surface area (Å²) < 4.78 is 11.0. The van der Waals surface area contributed by atoms with Gasteiger partial charge < -0.3 is 16.3 Å². The topological polar surface area (TPSA) is 105 Å². The highest BCUT2D eigenvalue weighted by Gasteiger charge is 2.41. The minimum atomic E-state index is -0.965. The Morgan fingerprint density at radius 2 is 1.89 bits per heavy atom. The first-order valence-corrected chi connectivity index (χ1v) is 8.23. The Hall–Kier alpha value is -1.11. The molecule has 0 fully saturated rings. The van der Waals surface area contributed by atoms with Gasteiger partial charge in [0.2, 0.25) is 5.91 Å². The predicted molar refractivity (Wildman–Crippen MR) is 77.6 cm³/mol. The Bertz CT molecular complexity index is 339. The second-order valence-electron chi connectivity index (χ2n) is 4.60. The molecule has 0 rings (SSSR count). The Morgan fingerprint density at radius 3 is 2.26 bits per heavy atom. The largest absolute Gasteiger partial charge is 0.409 e. The molecule has 0 saturated heterocycles. The number of hydrogen-bond donors (Lipinski definition) is 3. The van der Waals surface area contributed by atoms with Crippen molar-refractivity contribution < 1.29 is 14.2 Å². The molecule has 112 valence electrons. The molecule has 1 unspecified atom stereocenters. The van der Waals surface area contributed by atoms with Crippen LogP contribution in [0.1, 0.15) is 39.5 Å². The van der Waals surface area contributed by atoms with Gasteiger partial charge in [0, 0.05) is 29.4 Å². The van der Waals surface area contributed by atoms with Crippen molar-refractivity contribution >= 4 is 22.5 Å². The molecule has 0 radical (unpaired) electrons. The molecular formula is C12H25N3O3S. The Kier molecular flexibility index (Phi) is 8.38. The number of nitrogens with one attached hydrogen (secondary N) is 1. The molecular weight excluding hydrogens is 266 g/mol. The zero-order chi connectivity index (χ0) is 14.9. The van der Waals surface area contributed by atoms with Gasteiger partial charge in [-0.3, -0.25) is 9.00 Å². The third kappa shape index (κ3) is 5.18. The molecule has 0 aromatic heterocycles. The second-order valence-corrected chi connectivity index (χ2v) is 6.16. The molecule has 0 saturated carbocycles. The standard InChI is InChI=1S/C12H25N3O3S/c1-4-6-12(7-5-2,10(13)15-17)11(16)14-8-9-19(3)18/h17H,4-9H2,1-3H3,(H2,13,15)(H,14,16). The molecule has 0 spiro atoms. The van der Waals surface area contributed by atoms with E-state index in [0.717, 1.165) is 12.8 Å². The number of carbonyl (C=O) groups excluding carboxylic acids is 1. The van der Waals surface area contributed by atoms with E-state index < -0.39 is 16.2 Å². The maximum Gasteiger partial charge on any atom is 0.233 e. The number of nitrogens with two attached hydrogens (primary N) is 1. The van der Waals surface area contributed by atoms with Gasteiger partial charge in [0.1, 0.15) is 5.41 Å². The third-order valence-electron chi connectivity index (χ3n) is 3.06. The van der Waals surface area contributed by atoms with E-state index in [2.05, 4.69) is 10.5 Å². The quantitative estimate of drug-likeness (QED) is 0.253. The molecule has 0 heterocycles. The van der Waals surface area contributed by atoms with E-state index in [4.69, 9.17) is 10.9 Å². The average Bonchev–Trinajstić information content (AvgIpc) is 2.36. The highest BCUT2D eigenvalue weighted by Crippen LogP contribution is 2.30. The monoisotopic (exact) mass is 291 g/mol. The number of oxime groups is 1. The molecule has 4 N–H and O–H groups in total. The first-order chi connectivity index (χ1) is 8.94. The summed E-state index contributed by atoms with van der Waals surface area (Å²) in [5.74, 6) is 0.0965. The van der Waals surface area contributed by atoms with Gasteiger partial charge in [0.15, 0.2) is 5.84 Å². The molecule has 19 heavy (non-hydrogen) atoms. The van der Waals surface area contributed by atoms with Gasteiger partial charge >= 0.3 is 0 Å². The second kappa shape index (κ2) is 8.90. The van der Waals surface area contributed by atoms with Gasteiger partial charge in [-0.15, -0.1) is 0 Å². The smallest absolute Gasteiger partial charge is 0.233 e. The van der Waals surface area contributed by atoms with Crippen LogP contribution in [0.15, 0.2) is 5.16 Å². The minimum absolute atomic E-state index is 0.0497. The average molecular weight is 291 g/mol. The summed E-state index contributed by atoms with van der Waals surface area (Å²) in [6, 6.07) is 0. The van der Waals surface area contributed by atoms with Crippen molar-refractivity contribution in [3.63, 3.8) is 0 Å². The van der Waals surface area contributed by atoms with Crippen molar-refractivity contribution in [1.82, 2.24) is 5.32 Å². The van der Waals surface area contributed by atoms with E-state index in [1.807, 2.05) is 13.8 Å². The summed E-state index contributed by atoms with van der Waals surface area (Å²) in [4.78, 5) is 12.3. The Labute approximate surface area is 117 Å². The molecule has 0 aliphatic heterocycles. The molecule has 6 nitrogen and oxygen atoms in total. The van der Waals surface area contributed by atoms with Crippen molar-refractivity contribution in [3.05, 3.63) is 0 Å². The maximum absolute atomic E-state index is 12.3. The minimum Gasteiger partial charge on any atom is -0.409 e. The van der Waals surface area contributed by atoms with Crippen molar-refractivity contribution in [2.24, 2.45) is 16.3 Å². The lowest BCUT2D eigenvalue weighted by Gasteiger charge is -2.30. The van der Waals surface area contributed by atoms with Crippen LogP contribution >= 0.6 is 0 Å². The molecule has 0 bridgehead atoms. The van der Waals surface area contributed by atoms with Crippen LogP contribution in [-0.4, -0.2) is 39.7 Å². The van der Waals surface area contributed by atoms with Crippen LogP contribution in [-0.2, 0) is 15.6 Å². The number of nitrogens with zero attached hydrogens (tertiary/aromatic N) is 1. The van der Waals surface area contributed by atoms with E-state index in [9.17, 15) is 9.00 Å². The first kappa shape index (κ1) is 17.9. The maximum atomic E-state index is 12.3. The molecule has 0 aliphatic rings. The number of carbonyl (C=O) groups is 1. The van der Waals surface area contributed by atoms with Crippen molar-refractivity contribution in [2.75, 3.05) is 18.6 Å². The summed E-state index contributed by atoms with van der Waals surface area (Å²) in [6.45, 7) is 4.22. The summed E-state index contributed by atoms with van der Waals surface area (Å²) in [5.41, 5.74) is 4.77. The normalized spacial score (nSPS) is 14.2. The lowest BCUT2D eigenvalue weighted by molar-refractivity contribution is -0.128. The number of rotatable bonds is 9. The van der Waals surface area contributed by atoms with Gasteiger partial charge in [0.05, 0.1) is 0 Å². The van der Waals surface area contributed by atoms with Gasteiger partial charge in [-0.1, -0.05) is 31.8 Å².